The van der Waals surface area contributed by atoms with E-state index in [1.54, 1.807) is 0 Å². The van der Waals surface area contributed by atoms with Gasteiger partial charge in [0.15, 0.2) is 0 Å². The average Bonchev–Trinajstić information content (AvgIpc) is 2.16. The summed E-state index contributed by atoms with van der Waals surface area (Å²) in [5.41, 5.74) is 1.25. The second kappa shape index (κ2) is 4.70. The minimum Gasteiger partial charge on any atom is -0.303 e. The Hall–Kier alpha value is -1.11. The van der Waals surface area contributed by atoms with Crippen molar-refractivity contribution in [1.29, 1.82) is 0 Å². The Kier molecular flexibility index (Phi) is 3.52. The summed E-state index contributed by atoms with van der Waals surface area (Å²) in [6, 6.07) is 10.1. The van der Waals surface area contributed by atoms with Crippen molar-refractivity contribution in [2.24, 2.45) is 5.92 Å². The fourth-order valence-corrected chi connectivity index (χ4v) is 1.21. The van der Waals surface area contributed by atoms with E-state index in [4.69, 9.17) is 0 Å². The van der Waals surface area contributed by atoms with Crippen LogP contribution in [-0.4, -0.2) is 6.29 Å². The van der Waals surface area contributed by atoms with Gasteiger partial charge in [0.1, 0.15) is 6.29 Å². The van der Waals surface area contributed by atoms with Crippen molar-refractivity contribution in [3.8, 4) is 0 Å². The predicted molar refractivity (Wildman–Crippen MR) is 50.0 cm³/mol. The van der Waals surface area contributed by atoms with E-state index in [1.165, 1.54) is 5.56 Å². The molecular formula is C11H14O. The Labute approximate surface area is 73.4 Å². The van der Waals surface area contributed by atoms with Crippen molar-refractivity contribution in [2.75, 3.05) is 0 Å². The van der Waals surface area contributed by atoms with Gasteiger partial charge in [0.2, 0.25) is 0 Å². The van der Waals surface area contributed by atoms with Crippen molar-refractivity contribution >= 4 is 6.29 Å². The average molecular weight is 162 g/mol. The first-order valence-corrected chi connectivity index (χ1v) is 4.36. The molecule has 0 radical (unpaired) electrons. The van der Waals surface area contributed by atoms with Crippen LogP contribution in [0.3, 0.4) is 0 Å². The molecule has 0 amide bonds. The van der Waals surface area contributed by atoms with Crippen molar-refractivity contribution in [3.63, 3.8) is 0 Å². The summed E-state index contributed by atoms with van der Waals surface area (Å²) in [6.07, 6.45) is 2.85. The number of hydrogen-bond acceptors (Lipinski definition) is 1. The molecule has 1 rings (SSSR count). The molecular weight excluding hydrogens is 148 g/mol. The highest BCUT2D eigenvalue weighted by atomic mass is 16.1. The molecule has 0 bridgehead atoms. The van der Waals surface area contributed by atoms with Crippen molar-refractivity contribution in [3.05, 3.63) is 35.9 Å². The normalized spacial score (nSPS) is 12.4. The van der Waals surface area contributed by atoms with E-state index in [1.807, 2.05) is 25.1 Å². The third kappa shape index (κ3) is 2.50. The monoisotopic (exact) mass is 162 g/mol. The van der Waals surface area contributed by atoms with E-state index < -0.39 is 0 Å². The van der Waals surface area contributed by atoms with Gasteiger partial charge in [-0.15, -0.1) is 0 Å². The van der Waals surface area contributed by atoms with E-state index in [2.05, 4.69) is 12.1 Å². The Morgan fingerprint density at radius 2 is 2.00 bits per heavy atom. The van der Waals surface area contributed by atoms with Crippen molar-refractivity contribution in [1.82, 2.24) is 0 Å². The summed E-state index contributed by atoms with van der Waals surface area (Å²) < 4.78 is 0. The van der Waals surface area contributed by atoms with Crippen LogP contribution < -0.4 is 0 Å². The molecule has 0 fully saturated rings. The summed E-state index contributed by atoms with van der Waals surface area (Å²) >= 11 is 0. The first-order valence-electron chi connectivity index (χ1n) is 4.36. The van der Waals surface area contributed by atoms with Crippen LogP contribution in [0, 0.1) is 5.92 Å². The quantitative estimate of drug-likeness (QED) is 0.621. The van der Waals surface area contributed by atoms with Crippen LogP contribution in [0.5, 0.6) is 0 Å². The molecule has 0 aliphatic heterocycles. The minimum atomic E-state index is 0.187. The predicted octanol–water partition coefficient (Wildman–Crippen LogP) is 2.45. The van der Waals surface area contributed by atoms with Gasteiger partial charge in [-0.1, -0.05) is 37.3 Å². The maximum Gasteiger partial charge on any atom is 0.123 e. The number of carbonyl (C=O) groups is 1. The van der Waals surface area contributed by atoms with Crippen LogP contribution >= 0.6 is 0 Å². The van der Waals surface area contributed by atoms with Crippen LogP contribution in [0.25, 0.3) is 0 Å². The topological polar surface area (TPSA) is 17.1 Å². The molecule has 0 unspecified atom stereocenters. The minimum absolute atomic E-state index is 0.187. The van der Waals surface area contributed by atoms with Crippen LogP contribution in [-0.2, 0) is 11.2 Å². The molecule has 0 N–H and O–H groups in total. The van der Waals surface area contributed by atoms with Gasteiger partial charge in [-0.25, -0.2) is 0 Å². The smallest absolute Gasteiger partial charge is 0.123 e. The summed E-state index contributed by atoms with van der Waals surface area (Å²) in [5, 5.41) is 0. The molecule has 0 aliphatic rings. The molecule has 1 atom stereocenters. The highest BCUT2D eigenvalue weighted by molar-refractivity contribution is 5.54. The standard InChI is InChI=1S/C11H14O/c1-2-10(9-12)8-11-6-4-3-5-7-11/h3-7,9-10H,2,8H2,1H3/t10-/m0/s1. The summed E-state index contributed by atoms with van der Waals surface area (Å²) in [7, 11) is 0. The third-order valence-corrected chi connectivity index (χ3v) is 2.06. The number of hydrogen-bond donors (Lipinski definition) is 0. The van der Waals surface area contributed by atoms with Crippen LogP contribution in [0.1, 0.15) is 18.9 Å². The molecule has 0 saturated carbocycles. The molecule has 12 heavy (non-hydrogen) atoms. The number of aldehydes is 1. The molecule has 64 valence electrons. The Morgan fingerprint density at radius 1 is 1.33 bits per heavy atom. The van der Waals surface area contributed by atoms with E-state index in [0.717, 1.165) is 19.1 Å². The SMILES string of the molecule is CC[C@H](C=O)Cc1ccccc1. The van der Waals surface area contributed by atoms with Gasteiger partial charge < -0.3 is 4.79 Å². The first-order chi connectivity index (χ1) is 5.86. The molecule has 0 saturated heterocycles. The summed E-state index contributed by atoms with van der Waals surface area (Å²) in [4.78, 5) is 10.5. The molecule has 0 aromatic heterocycles. The Morgan fingerprint density at radius 3 is 2.50 bits per heavy atom. The van der Waals surface area contributed by atoms with Crippen molar-refractivity contribution < 1.29 is 4.79 Å². The van der Waals surface area contributed by atoms with E-state index in [-0.39, 0.29) is 5.92 Å². The van der Waals surface area contributed by atoms with Crippen LogP contribution in [0.2, 0.25) is 0 Å². The maximum atomic E-state index is 10.5. The molecule has 0 heterocycles. The molecule has 0 spiro atoms. The highest BCUT2D eigenvalue weighted by Crippen LogP contribution is 2.09. The molecule has 1 heteroatoms. The Balaban J connectivity index is 2.56. The zero-order valence-corrected chi connectivity index (χ0v) is 7.36. The lowest BCUT2D eigenvalue weighted by Crippen LogP contribution is -2.03. The van der Waals surface area contributed by atoms with E-state index >= 15 is 0 Å². The fraction of sp³-hybridized carbons (Fsp3) is 0.364. The number of benzene rings is 1. The molecule has 0 aliphatic carbocycles. The fourth-order valence-electron chi connectivity index (χ4n) is 1.21. The van der Waals surface area contributed by atoms with Gasteiger partial charge in [-0.3, -0.25) is 0 Å². The van der Waals surface area contributed by atoms with Crippen LogP contribution in [0.15, 0.2) is 30.3 Å². The lowest BCUT2D eigenvalue weighted by Gasteiger charge is -2.05. The molecule has 1 nitrogen and oxygen atoms in total. The lowest BCUT2D eigenvalue weighted by molar-refractivity contribution is -0.111. The second-order valence-corrected chi connectivity index (χ2v) is 2.99. The second-order valence-electron chi connectivity index (χ2n) is 2.99. The zero-order valence-electron chi connectivity index (χ0n) is 7.36. The van der Waals surface area contributed by atoms with Gasteiger partial charge in [0.05, 0.1) is 0 Å². The largest absolute Gasteiger partial charge is 0.303 e. The van der Waals surface area contributed by atoms with E-state index in [9.17, 15) is 4.79 Å². The van der Waals surface area contributed by atoms with Crippen LogP contribution in [0.4, 0.5) is 0 Å². The number of rotatable bonds is 4. The van der Waals surface area contributed by atoms with Gasteiger partial charge in [0, 0.05) is 5.92 Å². The third-order valence-electron chi connectivity index (χ3n) is 2.06. The summed E-state index contributed by atoms with van der Waals surface area (Å²) in [6.45, 7) is 2.04. The molecule has 1 aromatic carbocycles. The van der Waals surface area contributed by atoms with Gasteiger partial charge in [-0.2, -0.15) is 0 Å². The van der Waals surface area contributed by atoms with Gasteiger partial charge in [-0.05, 0) is 18.4 Å². The maximum absolute atomic E-state index is 10.5. The van der Waals surface area contributed by atoms with Gasteiger partial charge >= 0.3 is 0 Å². The first kappa shape index (κ1) is 8.98. The van der Waals surface area contributed by atoms with Gasteiger partial charge in [0.25, 0.3) is 0 Å². The zero-order chi connectivity index (χ0) is 8.81. The van der Waals surface area contributed by atoms with Crippen molar-refractivity contribution in [2.45, 2.75) is 19.8 Å². The van der Waals surface area contributed by atoms with E-state index in [0.29, 0.717) is 0 Å². The lowest BCUT2D eigenvalue weighted by atomic mass is 9.99. The summed E-state index contributed by atoms with van der Waals surface area (Å²) in [5.74, 6) is 0.187. The highest BCUT2D eigenvalue weighted by Gasteiger charge is 2.04. The molecule has 1 aromatic rings. The number of carbonyl (C=O) groups excluding carboxylic acids is 1. The Bertz CT molecular complexity index is 228.